The maximum Gasteiger partial charge on any atom is 0.338 e. The van der Waals surface area contributed by atoms with E-state index >= 15 is 0 Å². The van der Waals surface area contributed by atoms with Gasteiger partial charge in [0.15, 0.2) is 6.10 Å². The molecule has 0 bridgehead atoms. The molecule has 0 saturated carbocycles. The second-order valence-corrected chi connectivity index (χ2v) is 9.09. The molecule has 0 saturated heterocycles. The molecule has 1 aliphatic rings. The van der Waals surface area contributed by atoms with E-state index in [1.807, 2.05) is 51.1 Å². The third-order valence-corrected chi connectivity index (χ3v) is 6.27. The smallest absolute Gasteiger partial charge is 0.338 e. The predicted octanol–water partition coefficient (Wildman–Crippen LogP) is 5.31. The number of fused-ring (bicyclic) bond motifs is 1. The molecule has 166 valence electrons. The first-order valence-corrected chi connectivity index (χ1v) is 11.6. The summed E-state index contributed by atoms with van der Waals surface area (Å²) in [6, 6.07) is 13.1. The van der Waals surface area contributed by atoms with E-state index in [1.54, 1.807) is 35.3 Å². The maximum atomic E-state index is 13.3. The summed E-state index contributed by atoms with van der Waals surface area (Å²) in [5.74, 6) is 0.211. The van der Waals surface area contributed by atoms with Gasteiger partial charge in [0.2, 0.25) is 0 Å². The third kappa shape index (κ3) is 4.25. The standard InChI is InChI=1S/C25H26N2O4S/c1-5-21-24(28)27(14-17-8-7-9-19(12-17)25(29)30-6-2)20-13-18(10-11-22(20)31-21)23-15(3)32-16(4)26-23/h7-13,21H,5-6,14H2,1-4H3. The minimum Gasteiger partial charge on any atom is -0.478 e. The first-order valence-electron chi connectivity index (χ1n) is 10.7. The van der Waals surface area contributed by atoms with E-state index in [2.05, 4.69) is 4.98 Å². The Morgan fingerprint density at radius 1 is 1.19 bits per heavy atom. The molecule has 0 radical (unpaired) electrons. The van der Waals surface area contributed by atoms with Gasteiger partial charge in [-0.15, -0.1) is 11.3 Å². The molecule has 0 N–H and O–H groups in total. The van der Waals surface area contributed by atoms with Crippen LogP contribution in [0.4, 0.5) is 5.69 Å². The summed E-state index contributed by atoms with van der Waals surface area (Å²) in [6.07, 6.45) is 0.0360. The molecule has 32 heavy (non-hydrogen) atoms. The zero-order valence-corrected chi connectivity index (χ0v) is 19.5. The Hall–Kier alpha value is -3.19. The molecule has 0 fully saturated rings. The molecule has 7 heteroatoms. The topological polar surface area (TPSA) is 68.7 Å². The van der Waals surface area contributed by atoms with Crippen LogP contribution in [0.2, 0.25) is 0 Å². The first kappa shape index (κ1) is 22.0. The van der Waals surface area contributed by atoms with Crippen molar-refractivity contribution >= 4 is 28.9 Å². The Morgan fingerprint density at radius 3 is 2.69 bits per heavy atom. The summed E-state index contributed by atoms with van der Waals surface area (Å²) in [6.45, 7) is 8.39. The lowest BCUT2D eigenvalue weighted by atomic mass is 10.0. The van der Waals surface area contributed by atoms with E-state index in [0.29, 0.717) is 36.6 Å². The molecule has 2 aromatic carbocycles. The van der Waals surface area contributed by atoms with Crippen molar-refractivity contribution in [1.29, 1.82) is 0 Å². The second kappa shape index (κ2) is 9.12. The Morgan fingerprint density at radius 2 is 2.00 bits per heavy atom. The van der Waals surface area contributed by atoms with Gasteiger partial charge in [-0.25, -0.2) is 9.78 Å². The quantitative estimate of drug-likeness (QED) is 0.476. The van der Waals surface area contributed by atoms with E-state index in [4.69, 9.17) is 9.47 Å². The zero-order valence-electron chi connectivity index (χ0n) is 18.7. The van der Waals surface area contributed by atoms with Crippen LogP contribution in [0.1, 0.15) is 46.1 Å². The highest BCUT2D eigenvalue weighted by Crippen LogP contribution is 2.40. The van der Waals surface area contributed by atoms with Crippen LogP contribution in [0, 0.1) is 13.8 Å². The van der Waals surface area contributed by atoms with Crippen LogP contribution in [0.3, 0.4) is 0 Å². The van der Waals surface area contributed by atoms with Gasteiger partial charge < -0.3 is 14.4 Å². The molecule has 6 nitrogen and oxygen atoms in total. The number of thiazole rings is 1. The fourth-order valence-corrected chi connectivity index (χ4v) is 4.72. The molecule has 1 unspecified atom stereocenters. The van der Waals surface area contributed by atoms with Gasteiger partial charge in [-0.1, -0.05) is 19.1 Å². The number of anilines is 1. The first-order chi connectivity index (χ1) is 15.4. The van der Waals surface area contributed by atoms with Crippen molar-refractivity contribution in [3.8, 4) is 17.0 Å². The van der Waals surface area contributed by atoms with Crippen molar-refractivity contribution in [2.75, 3.05) is 11.5 Å². The predicted molar refractivity (Wildman–Crippen MR) is 125 cm³/mol. The van der Waals surface area contributed by atoms with Gasteiger partial charge in [-0.3, -0.25) is 4.79 Å². The van der Waals surface area contributed by atoms with Crippen LogP contribution in [-0.4, -0.2) is 29.6 Å². The molecule has 3 aromatic rings. The van der Waals surface area contributed by atoms with Crippen LogP contribution in [-0.2, 0) is 16.1 Å². The number of rotatable bonds is 6. The van der Waals surface area contributed by atoms with Gasteiger partial charge in [-0.05, 0) is 63.1 Å². The van der Waals surface area contributed by atoms with Crippen molar-refractivity contribution < 1.29 is 19.1 Å². The number of amides is 1. The number of esters is 1. The summed E-state index contributed by atoms with van der Waals surface area (Å²) in [7, 11) is 0. The number of aromatic nitrogens is 1. The highest BCUT2D eigenvalue weighted by Gasteiger charge is 2.34. The van der Waals surface area contributed by atoms with Gasteiger partial charge in [0.1, 0.15) is 5.75 Å². The number of benzene rings is 2. The zero-order chi connectivity index (χ0) is 22.8. The Labute approximate surface area is 191 Å². The third-order valence-electron chi connectivity index (χ3n) is 5.39. The summed E-state index contributed by atoms with van der Waals surface area (Å²) in [5.41, 5.74) is 3.90. The fourth-order valence-electron chi connectivity index (χ4n) is 3.88. The minimum atomic E-state index is -0.537. The van der Waals surface area contributed by atoms with Crippen molar-refractivity contribution in [2.24, 2.45) is 0 Å². The summed E-state index contributed by atoms with van der Waals surface area (Å²) in [5, 5.41) is 1.00. The molecule has 0 spiro atoms. The minimum absolute atomic E-state index is 0.0927. The monoisotopic (exact) mass is 450 g/mol. The summed E-state index contributed by atoms with van der Waals surface area (Å²) in [4.78, 5) is 33.0. The highest BCUT2D eigenvalue weighted by atomic mass is 32.1. The van der Waals surface area contributed by atoms with Crippen LogP contribution in [0.15, 0.2) is 42.5 Å². The van der Waals surface area contributed by atoms with Gasteiger partial charge in [0, 0.05) is 10.4 Å². The van der Waals surface area contributed by atoms with Gasteiger partial charge in [0.05, 0.1) is 35.1 Å². The van der Waals surface area contributed by atoms with E-state index in [-0.39, 0.29) is 11.9 Å². The van der Waals surface area contributed by atoms with E-state index < -0.39 is 6.10 Å². The molecule has 0 aliphatic carbocycles. The molecular formula is C25H26N2O4S. The average molecular weight is 451 g/mol. The van der Waals surface area contributed by atoms with Crippen LogP contribution >= 0.6 is 11.3 Å². The lowest BCUT2D eigenvalue weighted by Crippen LogP contribution is -2.45. The Kier molecular flexibility index (Phi) is 6.28. The van der Waals surface area contributed by atoms with Crippen molar-refractivity contribution in [2.45, 2.75) is 46.8 Å². The molecule has 1 atom stereocenters. The molecule has 1 aliphatic heterocycles. The second-order valence-electron chi connectivity index (χ2n) is 7.68. The maximum absolute atomic E-state index is 13.3. The van der Waals surface area contributed by atoms with Crippen LogP contribution in [0.25, 0.3) is 11.3 Å². The molecule has 1 amide bonds. The molecule has 1 aromatic heterocycles. The van der Waals surface area contributed by atoms with E-state index in [1.165, 1.54) is 0 Å². The SMILES string of the molecule is CCOC(=O)c1cccc(CN2C(=O)C(CC)Oc3ccc(-c4nc(C)sc4C)cc32)c1. The number of ether oxygens (including phenoxy) is 2. The van der Waals surface area contributed by atoms with Gasteiger partial charge in [0.25, 0.3) is 5.91 Å². The van der Waals surface area contributed by atoms with Crippen molar-refractivity contribution in [3.63, 3.8) is 0 Å². The molecule has 4 rings (SSSR count). The largest absolute Gasteiger partial charge is 0.478 e. The van der Waals surface area contributed by atoms with E-state index in [9.17, 15) is 9.59 Å². The van der Waals surface area contributed by atoms with Crippen molar-refractivity contribution in [1.82, 2.24) is 4.98 Å². The van der Waals surface area contributed by atoms with Gasteiger partial charge >= 0.3 is 5.97 Å². The number of nitrogens with zero attached hydrogens (tertiary/aromatic N) is 2. The number of hydrogen-bond acceptors (Lipinski definition) is 6. The summed E-state index contributed by atoms with van der Waals surface area (Å²) < 4.78 is 11.1. The Bertz CT molecular complexity index is 1170. The molecule has 2 heterocycles. The number of aryl methyl sites for hydroxylation is 2. The lowest BCUT2D eigenvalue weighted by molar-refractivity contribution is -0.126. The number of carbonyl (C=O) groups is 2. The molecular weight excluding hydrogens is 424 g/mol. The number of carbonyl (C=O) groups excluding carboxylic acids is 2. The average Bonchev–Trinajstić information content (AvgIpc) is 3.13. The highest BCUT2D eigenvalue weighted by molar-refractivity contribution is 7.11. The lowest BCUT2D eigenvalue weighted by Gasteiger charge is -2.34. The van der Waals surface area contributed by atoms with Crippen LogP contribution < -0.4 is 9.64 Å². The van der Waals surface area contributed by atoms with Gasteiger partial charge in [-0.2, -0.15) is 0 Å². The van der Waals surface area contributed by atoms with Crippen molar-refractivity contribution in [3.05, 3.63) is 63.5 Å². The summed E-state index contributed by atoms with van der Waals surface area (Å²) >= 11 is 1.65. The normalized spacial score (nSPS) is 15.3. The van der Waals surface area contributed by atoms with Crippen LogP contribution in [0.5, 0.6) is 5.75 Å². The van der Waals surface area contributed by atoms with E-state index in [0.717, 1.165) is 26.7 Å². The Balaban J connectivity index is 1.73. The number of hydrogen-bond donors (Lipinski definition) is 0. The fraction of sp³-hybridized carbons (Fsp3) is 0.320.